The molecule has 1 N–H and O–H groups in total. The van der Waals surface area contributed by atoms with Crippen LogP contribution in [-0.2, 0) is 4.74 Å². The molecule has 0 aromatic heterocycles. The highest BCUT2D eigenvalue weighted by Crippen LogP contribution is 2.21. The number of allylic oxidation sites excluding steroid dienone is 2. The Morgan fingerprint density at radius 3 is 2.81 bits per heavy atom. The maximum atomic E-state index is 8.97. The summed E-state index contributed by atoms with van der Waals surface area (Å²) in [4.78, 5) is 2.23. The van der Waals surface area contributed by atoms with E-state index in [2.05, 4.69) is 28.9 Å². The van der Waals surface area contributed by atoms with E-state index in [9.17, 15) is 0 Å². The number of hydrogen-bond donors (Lipinski definition) is 2. The Hall–Kier alpha value is -1.12. The molecule has 1 unspecified atom stereocenters. The van der Waals surface area contributed by atoms with Crippen molar-refractivity contribution in [3.8, 4) is 6.07 Å². The van der Waals surface area contributed by atoms with Gasteiger partial charge in [-0.3, -0.25) is 0 Å². The van der Waals surface area contributed by atoms with E-state index in [1.807, 2.05) is 13.0 Å². The Kier molecular flexibility index (Phi) is 3.42. The summed E-state index contributed by atoms with van der Waals surface area (Å²) in [5.74, 6) is 1.04. The van der Waals surface area contributed by atoms with Crippen LogP contribution in [0.5, 0.6) is 0 Å². The van der Waals surface area contributed by atoms with Gasteiger partial charge in [-0.05, 0) is 18.6 Å². The van der Waals surface area contributed by atoms with Gasteiger partial charge in [-0.25, -0.2) is 0 Å². The normalized spacial score (nSPS) is 25.9. The van der Waals surface area contributed by atoms with Crippen LogP contribution < -0.4 is 5.32 Å². The van der Waals surface area contributed by atoms with Gasteiger partial charge < -0.3 is 15.0 Å². The summed E-state index contributed by atoms with van der Waals surface area (Å²) in [6.45, 7) is 5.22. The summed E-state index contributed by atoms with van der Waals surface area (Å²) in [5, 5.41) is 12.0. The molecule has 0 amide bonds. The molecule has 4 nitrogen and oxygen atoms in total. The Morgan fingerprint density at radius 1 is 1.56 bits per heavy atom. The van der Waals surface area contributed by atoms with Crippen molar-refractivity contribution in [2.75, 3.05) is 26.3 Å². The van der Waals surface area contributed by atoms with Gasteiger partial charge in [0.25, 0.3) is 0 Å². The molecule has 1 saturated heterocycles. The van der Waals surface area contributed by atoms with E-state index in [-0.39, 0.29) is 5.37 Å². The van der Waals surface area contributed by atoms with Gasteiger partial charge in [-0.15, -0.1) is 12.6 Å². The van der Waals surface area contributed by atoms with Crippen LogP contribution in [0.2, 0.25) is 0 Å². The smallest absolute Gasteiger partial charge is 0.106 e. The molecular formula is C11H15N3OS. The van der Waals surface area contributed by atoms with Gasteiger partial charge in [0.05, 0.1) is 24.9 Å². The fraction of sp³-hybridized carbons (Fsp3) is 0.545. The highest BCUT2D eigenvalue weighted by molar-refractivity contribution is 7.81. The zero-order valence-corrected chi connectivity index (χ0v) is 10.1. The fourth-order valence-electron chi connectivity index (χ4n) is 1.89. The zero-order valence-electron chi connectivity index (χ0n) is 9.23. The summed E-state index contributed by atoms with van der Waals surface area (Å²) in [6.07, 6.45) is 2.01. The third-order valence-corrected chi connectivity index (χ3v) is 3.20. The standard InChI is InChI=1S/C11H15N3OS/c1-8-6-10(13-11(16)9(8)7-12)14-2-4-15-5-3-14/h6,11,13,16H,2-5H2,1H3. The van der Waals surface area contributed by atoms with E-state index in [1.54, 1.807) is 0 Å². The van der Waals surface area contributed by atoms with Crippen molar-refractivity contribution in [2.24, 2.45) is 0 Å². The second-order valence-corrected chi connectivity index (χ2v) is 4.40. The lowest BCUT2D eigenvalue weighted by Gasteiger charge is -2.34. The Bertz CT molecular complexity index is 377. The maximum Gasteiger partial charge on any atom is 0.106 e. The SMILES string of the molecule is CC1=C(C#N)C(S)NC(N2CCOCC2)=C1. The first kappa shape index (κ1) is 11.4. The molecule has 2 aliphatic heterocycles. The van der Waals surface area contributed by atoms with E-state index in [0.29, 0.717) is 5.57 Å². The summed E-state index contributed by atoms with van der Waals surface area (Å²) >= 11 is 4.38. The molecule has 0 bridgehead atoms. The van der Waals surface area contributed by atoms with Crippen molar-refractivity contribution < 1.29 is 4.74 Å². The molecule has 0 aromatic carbocycles. The van der Waals surface area contributed by atoms with Crippen LogP contribution in [0.25, 0.3) is 0 Å². The predicted octanol–water partition coefficient (Wildman–Crippen LogP) is 0.859. The highest BCUT2D eigenvalue weighted by Gasteiger charge is 2.22. The van der Waals surface area contributed by atoms with Gasteiger partial charge in [-0.1, -0.05) is 0 Å². The van der Waals surface area contributed by atoms with Crippen molar-refractivity contribution >= 4 is 12.6 Å². The first-order chi connectivity index (χ1) is 7.72. The number of morpholine rings is 1. The van der Waals surface area contributed by atoms with Gasteiger partial charge in [-0.2, -0.15) is 5.26 Å². The second kappa shape index (κ2) is 4.81. The Morgan fingerprint density at radius 2 is 2.25 bits per heavy atom. The maximum absolute atomic E-state index is 8.97. The summed E-state index contributed by atoms with van der Waals surface area (Å²) in [5.41, 5.74) is 1.68. The van der Waals surface area contributed by atoms with Crippen molar-refractivity contribution in [2.45, 2.75) is 12.3 Å². The highest BCUT2D eigenvalue weighted by atomic mass is 32.1. The fourth-order valence-corrected chi connectivity index (χ4v) is 2.28. The van der Waals surface area contributed by atoms with Crippen LogP contribution in [-0.4, -0.2) is 36.6 Å². The van der Waals surface area contributed by atoms with Crippen LogP contribution in [0.1, 0.15) is 6.92 Å². The van der Waals surface area contributed by atoms with E-state index in [0.717, 1.165) is 37.7 Å². The average molecular weight is 237 g/mol. The van der Waals surface area contributed by atoms with Crippen molar-refractivity contribution in [1.82, 2.24) is 10.2 Å². The first-order valence-electron chi connectivity index (χ1n) is 5.32. The molecule has 0 spiro atoms. The molecular weight excluding hydrogens is 222 g/mol. The molecule has 1 fully saturated rings. The molecule has 2 aliphatic rings. The van der Waals surface area contributed by atoms with E-state index in [4.69, 9.17) is 10.00 Å². The molecule has 86 valence electrons. The molecule has 2 heterocycles. The number of dihydropyridines is 1. The zero-order chi connectivity index (χ0) is 11.5. The lowest BCUT2D eigenvalue weighted by Crippen LogP contribution is -2.43. The molecule has 1 atom stereocenters. The first-order valence-corrected chi connectivity index (χ1v) is 5.84. The van der Waals surface area contributed by atoms with Crippen LogP contribution >= 0.6 is 12.6 Å². The number of nitriles is 1. The monoisotopic (exact) mass is 237 g/mol. The van der Waals surface area contributed by atoms with Crippen molar-refractivity contribution in [3.05, 3.63) is 23.0 Å². The number of nitrogens with one attached hydrogen (secondary N) is 1. The third-order valence-electron chi connectivity index (χ3n) is 2.81. The molecule has 0 saturated carbocycles. The average Bonchev–Trinajstić information content (AvgIpc) is 2.30. The Balaban J connectivity index is 2.18. The lowest BCUT2D eigenvalue weighted by molar-refractivity contribution is 0.0501. The van der Waals surface area contributed by atoms with Gasteiger partial charge in [0, 0.05) is 13.1 Å². The number of nitrogens with zero attached hydrogens (tertiary/aromatic N) is 2. The van der Waals surface area contributed by atoms with Crippen molar-refractivity contribution in [3.63, 3.8) is 0 Å². The molecule has 0 radical (unpaired) electrons. The quantitative estimate of drug-likeness (QED) is 0.664. The second-order valence-electron chi connectivity index (χ2n) is 3.88. The van der Waals surface area contributed by atoms with Gasteiger partial charge >= 0.3 is 0 Å². The third kappa shape index (κ3) is 2.18. The minimum absolute atomic E-state index is 0.201. The predicted molar refractivity (Wildman–Crippen MR) is 64.7 cm³/mol. The van der Waals surface area contributed by atoms with Crippen LogP contribution in [0, 0.1) is 11.3 Å². The van der Waals surface area contributed by atoms with Crippen LogP contribution in [0.4, 0.5) is 0 Å². The van der Waals surface area contributed by atoms with Gasteiger partial charge in [0.2, 0.25) is 0 Å². The van der Waals surface area contributed by atoms with Crippen LogP contribution in [0.3, 0.4) is 0 Å². The summed E-state index contributed by atoms with van der Waals surface area (Å²) in [7, 11) is 0. The minimum Gasteiger partial charge on any atom is -0.378 e. The van der Waals surface area contributed by atoms with E-state index in [1.165, 1.54) is 0 Å². The number of hydrogen-bond acceptors (Lipinski definition) is 5. The topological polar surface area (TPSA) is 48.3 Å². The van der Waals surface area contributed by atoms with Gasteiger partial charge in [0.15, 0.2) is 0 Å². The molecule has 2 rings (SSSR count). The summed E-state index contributed by atoms with van der Waals surface area (Å²) in [6, 6.07) is 2.18. The molecule has 16 heavy (non-hydrogen) atoms. The van der Waals surface area contributed by atoms with Crippen LogP contribution in [0.15, 0.2) is 23.0 Å². The van der Waals surface area contributed by atoms with Gasteiger partial charge in [0.1, 0.15) is 11.2 Å². The lowest BCUT2D eigenvalue weighted by atomic mass is 10.1. The molecule has 0 aliphatic carbocycles. The molecule has 5 heteroatoms. The number of ether oxygens (including phenoxy) is 1. The Labute approximate surface area is 101 Å². The van der Waals surface area contributed by atoms with E-state index >= 15 is 0 Å². The van der Waals surface area contributed by atoms with Crippen molar-refractivity contribution in [1.29, 1.82) is 5.26 Å². The summed E-state index contributed by atoms with van der Waals surface area (Å²) < 4.78 is 5.31. The number of thiol groups is 1. The minimum atomic E-state index is -0.201. The van der Waals surface area contributed by atoms with E-state index < -0.39 is 0 Å². The largest absolute Gasteiger partial charge is 0.378 e. The number of rotatable bonds is 1. The molecule has 0 aromatic rings.